The van der Waals surface area contributed by atoms with Crippen molar-refractivity contribution < 1.29 is 9.84 Å². The number of benzene rings is 1. The van der Waals surface area contributed by atoms with Crippen LogP contribution < -0.4 is 4.74 Å². The van der Waals surface area contributed by atoms with Crippen molar-refractivity contribution in [1.82, 2.24) is 4.90 Å². The number of hydrogen-bond donors (Lipinski definition) is 1. The lowest BCUT2D eigenvalue weighted by atomic mass is 10.1. The summed E-state index contributed by atoms with van der Waals surface area (Å²) in [5, 5.41) is 10.00. The highest BCUT2D eigenvalue weighted by Gasteiger charge is 2.11. The summed E-state index contributed by atoms with van der Waals surface area (Å²) in [6.45, 7) is 7.46. The van der Waals surface area contributed by atoms with Crippen LogP contribution in [0.2, 0.25) is 0 Å². The molecule has 0 spiro atoms. The van der Waals surface area contributed by atoms with Crippen LogP contribution in [-0.2, 0) is 6.54 Å². The lowest BCUT2D eigenvalue weighted by molar-refractivity contribution is 0.259. The zero-order chi connectivity index (χ0) is 12.1. The Morgan fingerprint density at radius 1 is 1.38 bits per heavy atom. The van der Waals surface area contributed by atoms with Crippen molar-refractivity contribution in [3.8, 4) is 11.5 Å². The highest BCUT2D eigenvalue weighted by atomic mass is 16.5. The fourth-order valence-corrected chi connectivity index (χ4v) is 1.42. The molecular formula is C13H21NO2. The summed E-state index contributed by atoms with van der Waals surface area (Å²) in [7, 11) is 2.04. The Bertz CT molecular complexity index is 337. The van der Waals surface area contributed by atoms with Crippen LogP contribution in [0, 0.1) is 0 Å². The molecule has 0 aromatic heterocycles. The standard InChI is InChI=1S/C13H21NO2/c1-5-16-12-8-6-7-11(13(12)15)9-14(4)10(2)3/h6-8,10,15H,5,9H2,1-4H3. The Hall–Kier alpha value is -1.22. The van der Waals surface area contributed by atoms with Gasteiger partial charge in [0.1, 0.15) is 0 Å². The Balaban J connectivity index is 2.84. The molecule has 1 rings (SSSR count). The molecule has 0 amide bonds. The lowest BCUT2D eigenvalue weighted by Crippen LogP contribution is -2.25. The molecule has 1 aromatic carbocycles. The maximum atomic E-state index is 10.00. The second-order valence-electron chi connectivity index (χ2n) is 4.21. The third kappa shape index (κ3) is 3.14. The first-order valence-electron chi connectivity index (χ1n) is 5.70. The number of para-hydroxylation sites is 1. The molecule has 3 heteroatoms. The van der Waals surface area contributed by atoms with Crippen molar-refractivity contribution in [2.24, 2.45) is 0 Å². The predicted molar refractivity (Wildman–Crippen MR) is 65.9 cm³/mol. The fourth-order valence-electron chi connectivity index (χ4n) is 1.42. The van der Waals surface area contributed by atoms with Gasteiger partial charge in [-0.25, -0.2) is 0 Å². The maximum absolute atomic E-state index is 10.00. The van der Waals surface area contributed by atoms with E-state index in [1.165, 1.54) is 0 Å². The second-order valence-corrected chi connectivity index (χ2v) is 4.21. The van der Waals surface area contributed by atoms with Crippen LogP contribution in [0.15, 0.2) is 18.2 Å². The van der Waals surface area contributed by atoms with Gasteiger partial charge < -0.3 is 9.84 Å². The van der Waals surface area contributed by atoms with Gasteiger partial charge >= 0.3 is 0 Å². The SMILES string of the molecule is CCOc1cccc(CN(C)C(C)C)c1O. The van der Waals surface area contributed by atoms with Gasteiger partial charge in [-0.05, 0) is 33.9 Å². The van der Waals surface area contributed by atoms with Crippen LogP contribution >= 0.6 is 0 Å². The van der Waals surface area contributed by atoms with Gasteiger partial charge in [-0.1, -0.05) is 12.1 Å². The second kappa shape index (κ2) is 5.75. The van der Waals surface area contributed by atoms with Crippen LogP contribution in [0.5, 0.6) is 11.5 Å². The molecular weight excluding hydrogens is 202 g/mol. The molecule has 0 atom stereocenters. The quantitative estimate of drug-likeness (QED) is 0.833. The van der Waals surface area contributed by atoms with E-state index in [-0.39, 0.29) is 5.75 Å². The molecule has 0 aliphatic heterocycles. The Morgan fingerprint density at radius 3 is 2.62 bits per heavy atom. The molecule has 0 bridgehead atoms. The summed E-state index contributed by atoms with van der Waals surface area (Å²) in [4.78, 5) is 2.17. The first kappa shape index (κ1) is 12.8. The van der Waals surface area contributed by atoms with E-state index in [2.05, 4.69) is 18.7 Å². The molecule has 0 saturated carbocycles. The van der Waals surface area contributed by atoms with Crippen molar-refractivity contribution in [3.63, 3.8) is 0 Å². The van der Waals surface area contributed by atoms with E-state index in [4.69, 9.17) is 4.74 Å². The molecule has 0 saturated heterocycles. The van der Waals surface area contributed by atoms with E-state index in [0.29, 0.717) is 18.4 Å². The topological polar surface area (TPSA) is 32.7 Å². The summed E-state index contributed by atoms with van der Waals surface area (Å²) in [5.74, 6) is 0.828. The summed E-state index contributed by atoms with van der Waals surface area (Å²) >= 11 is 0. The van der Waals surface area contributed by atoms with Gasteiger partial charge in [0.15, 0.2) is 11.5 Å². The lowest BCUT2D eigenvalue weighted by Gasteiger charge is -2.22. The summed E-state index contributed by atoms with van der Waals surface area (Å²) in [5.41, 5.74) is 0.905. The van der Waals surface area contributed by atoms with Crippen LogP contribution in [0.4, 0.5) is 0 Å². The number of ether oxygens (including phenoxy) is 1. The molecule has 0 unspecified atom stereocenters. The van der Waals surface area contributed by atoms with Crippen LogP contribution in [0.25, 0.3) is 0 Å². The van der Waals surface area contributed by atoms with Crippen molar-refractivity contribution in [2.75, 3.05) is 13.7 Å². The number of phenols is 1. The maximum Gasteiger partial charge on any atom is 0.162 e. The minimum absolute atomic E-state index is 0.261. The van der Waals surface area contributed by atoms with E-state index in [0.717, 1.165) is 12.1 Å². The molecule has 0 aliphatic carbocycles. The summed E-state index contributed by atoms with van der Waals surface area (Å²) < 4.78 is 5.35. The molecule has 3 nitrogen and oxygen atoms in total. The summed E-state index contributed by atoms with van der Waals surface area (Å²) in [6, 6.07) is 6.08. The molecule has 0 aliphatic rings. The number of phenolic OH excluding ortho intramolecular Hbond substituents is 1. The molecule has 0 heterocycles. The largest absolute Gasteiger partial charge is 0.504 e. The van der Waals surface area contributed by atoms with E-state index in [1.807, 2.05) is 26.1 Å². The van der Waals surface area contributed by atoms with Gasteiger partial charge in [0.05, 0.1) is 6.61 Å². The molecule has 90 valence electrons. The van der Waals surface area contributed by atoms with Crippen molar-refractivity contribution >= 4 is 0 Å². The zero-order valence-corrected chi connectivity index (χ0v) is 10.5. The fraction of sp³-hybridized carbons (Fsp3) is 0.538. The first-order valence-corrected chi connectivity index (χ1v) is 5.70. The van der Waals surface area contributed by atoms with Gasteiger partial charge in [0.2, 0.25) is 0 Å². The third-order valence-corrected chi connectivity index (χ3v) is 2.68. The highest BCUT2D eigenvalue weighted by Crippen LogP contribution is 2.30. The minimum atomic E-state index is 0.261. The van der Waals surface area contributed by atoms with Crippen molar-refractivity contribution in [1.29, 1.82) is 0 Å². The van der Waals surface area contributed by atoms with Crippen molar-refractivity contribution in [2.45, 2.75) is 33.4 Å². The van der Waals surface area contributed by atoms with E-state index >= 15 is 0 Å². The Labute approximate surface area is 97.7 Å². The van der Waals surface area contributed by atoms with Crippen LogP contribution in [-0.4, -0.2) is 29.7 Å². The molecule has 0 fully saturated rings. The zero-order valence-electron chi connectivity index (χ0n) is 10.5. The number of hydrogen-bond acceptors (Lipinski definition) is 3. The first-order chi connectivity index (χ1) is 7.56. The van der Waals surface area contributed by atoms with Crippen LogP contribution in [0.3, 0.4) is 0 Å². The minimum Gasteiger partial charge on any atom is -0.504 e. The van der Waals surface area contributed by atoms with Gasteiger partial charge in [-0.3, -0.25) is 4.90 Å². The van der Waals surface area contributed by atoms with Gasteiger partial charge in [-0.2, -0.15) is 0 Å². The normalized spacial score (nSPS) is 11.1. The smallest absolute Gasteiger partial charge is 0.162 e. The average molecular weight is 223 g/mol. The Kier molecular flexibility index (Phi) is 4.62. The highest BCUT2D eigenvalue weighted by molar-refractivity contribution is 5.45. The van der Waals surface area contributed by atoms with Gasteiger partial charge in [0.25, 0.3) is 0 Å². The summed E-state index contributed by atoms with van der Waals surface area (Å²) in [6.07, 6.45) is 0. The monoisotopic (exact) mass is 223 g/mol. The number of aromatic hydroxyl groups is 1. The predicted octanol–water partition coefficient (Wildman–Crippen LogP) is 2.63. The number of nitrogens with zero attached hydrogens (tertiary/aromatic N) is 1. The molecule has 0 radical (unpaired) electrons. The van der Waals surface area contributed by atoms with E-state index in [1.54, 1.807) is 6.07 Å². The van der Waals surface area contributed by atoms with Gasteiger partial charge in [0, 0.05) is 18.2 Å². The number of rotatable bonds is 5. The average Bonchev–Trinajstić information content (AvgIpc) is 2.24. The van der Waals surface area contributed by atoms with Gasteiger partial charge in [-0.15, -0.1) is 0 Å². The molecule has 1 aromatic rings. The molecule has 16 heavy (non-hydrogen) atoms. The molecule has 1 N–H and O–H groups in total. The Morgan fingerprint density at radius 2 is 2.06 bits per heavy atom. The van der Waals surface area contributed by atoms with E-state index < -0.39 is 0 Å². The van der Waals surface area contributed by atoms with E-state index in [9.17, 15) is 5.11 Å². The van der Waals surface area contributed by atoms with Crippen LogP contribution in [0.1, 0.15) is 26.3 Å². The third-order valence-electron chi connectivity index (χ3n) is 2.68. The van der Waals surface area contributed by atoms with Crippen molar-refractivity contribution in [3.05, 3.63) is 23.8 Å².